The van der Waals surface area contributed by atoms with Crippen LogP contribution in [-0.4, -0.2) is 22.3 Å². The topological polar surface area (TPSA) is 29.1 Å². The van der Waals surface area contributed by atoms with E-state index in [1.165, 1.54) is 17.7 Å². The van der Waals surface area contributed by atoms with E-state index in [-0.39, 0.29) is 0 Å². The molecule has 2 rings (SSSR count). The van der Waals surface area contributed by atoms with E-state index in [4.69, 9.17) is 0 Å². The number of thiophene rings is 1. The van der Waals surface area contributed by atoms with Crippen molar-refractivity contribution in [3.8, 4) is 0 Å². The van der Waals surface area contributed by atoms with Crippen LogP contribution in [0.3, 0.4) is 0 Å². The van der Waals surface area contributed by atoms with Gasteiger partial charge < -0.3 is 5.32 Å². The maximum Gasteiger partial charge on any atom is 0.0443 e. The average Bonchev–Trinajstić information content (AvgIpc) is 2.99. The first-order valence-corrected chi connectivity index (χ1v) is 8.29. The number of hydrogen-bond donors (Lipinski definition) is 1. The van der Waals surface area contributed by atoms with Crippen molar-refractivity contribution in [3.63, 3.8) is 0 Å². The zero-order valence-corrected chi connectivity index (χ0v) is 11.3. The Morgan fingerprint density at radius 1 is 1.62 bits per heavy atom. The highest BCUT2D eigenvalue weighted by atomic mass is 32.2. The van der Waals surface area contributed by atoms with Crippen molar-refractivity contribution in [2.75, 3.05) is 18.1 Å². The summed E-state index contributed by atoms with van der Waals surface area (Å²) in [7, 11) is -0.642. The standard InChI is InChI=1S/C12H19NOS2/c1-2-16(14)9-7-13-12(10-5-6-10)11-4-3-8-15-11/h3-4,8,10,12-13H,2,5-7,9H2,1H3. The molecule has 90 valence electrons. The summed E-state index contributed by atoms with van der Waals surface area (Å²) >= 11 is 1.83. The van der Waals surface area contributed by atoms with E-state index in [0.29, 0.717) is 6.04 Å². The Kier molecular flexibility index (Phi) is 4.55. The van der Waals surface area contributed by atoms with E-state index < -0.39 is 10.8 Å². The molecule has 1 aliphatic carbocycles. The summed E-state index contributed by atoms with van der Waals surface area (Å²) < 4.78 is 11.3. The van der Waals surface area contributed by atoms with E-state index in [1.54, 1.807) is 0 Å². The third-order valence-electron chi connectivity index (χ3n) is 2.96. The monoisotopic (exact) mass is 257 g/mol. The van der Waals surface area contributed by atoms with Gasteiger partial charge in [-0.1, -0.05) is 13.0 Å². The molecule has 2 atom stereocenters. The van der Waals surface area contributed by atoms with Gasteiger partial charge in [-0.3, -0.25) is 4.21 Å². The molecule has 0 amide bonds. The van der Waals surface area contributed by atoms with Gasteiger partial charge in [-0.05, 0) is 30.2 Å². The molecule has 0 saturated heterocycles. The minimum Gasteiger partial charge on any atom is -0.308 e. The van der Waals surface area contributed by atoms with Gasteiger partial charge >= 0.3 is 0 Å². The molecule has 1 aromatic rings. The largest absolute Gasteiger partial charge is 0.308 e. The van der Waals surface area contributed by atoms with Crippen molar-refractivity contribution in [3.05, 3.63) is 22.4 Å². The Bertz CT molecular complexity index is 333. The lowest BCUT2D eigenvalue weighted by Crippen LogP contribution is -2.27. The van der Waals surface area contributed by atoms with Gasteiger partial charge in [0.1, 0.15) is 0 Å². The maximum atomic E-state index is 11.3. The number of hydrogen-bond acceptors (Lipinski definition) is 3. The third-order valence-corrected chi connectivity index (χ3v) is 5.22. The first-order valence-electron chi connectivity index (χ1n) is 5.93. The summed E-state index contributed by atoms with van der Waals surface area (Å²) in [6.07, 6.45) is 2.68. The van der Waals surface area contributed by atoms with Crippen LogP contribution in [0, 0.1) is 5.92 Å². The van der Waals surface area contributed by atoms with Crippen LogP contribution in [0.4, 0.5) is 0 Å². The molecular formula is C12H19NOS2. The highest BCUT2D eigenvalue weighted by molar-refractivity contribution is 7.84. The number of rotatable bonds is 7. The molecule has 0 bridgehead atoms. The summed E-state index contributed by atoms with van der Waals surface area (Å²) in [5, 5.41) is 5.70. The minimum absolute atomic E-state index is 0.508. The van der Waals surface area contributed by atoms with Crippen molar-refractivity contribution in [2.45, 2.75) is 25.8 Å². The summed E-state index contributed by atoms with van der Waals surface area (Å²) in [6, 6.07) is 4.83. The molecular weight excluding hydrogens is 238 g/mol. The molecule has 1 heterocycles. The lowest BCUT2D eigenvalue weighted by atomic mass is 10.1. The maximum absolute atomic E-state index is 11.3. The zero-order valence-electron chi connectivity index (χ0n) is 9.65. The van der Waals surface area contributed by atoms with E-state index in [2.05, 4.69) is 22.8 Å². The molecule has 4 heteroatoms. The molecule has 2 unspecified atom stereocenters. The second-order valence-corrected chi connectivity index (χ2v) is 7.06. The van der Waals surface area contributed by atoms with E-state index in [1.807, 2.05) is 18.3 Å². The fourth-order valence-corrected chi connectivity index (χ4v) is 3.40. The quantitative estimate of drug-likeness (QED) is 0.813. The van der Waals surface area contributed by atoms with Gasteiger partial charge in [0.05, 0.1) is 0 Å². The van der Waals surface area contributed by atoms with Gasteiger partial charge in [-0.2, -0.15) is 0 Å². The van der Waals surface area contributed by atoms with Crippen molar-refractivity contribution < 1.29 is 4.21 Å². The molecule has 16 heavy (non-hydrogen) atoms. The SMILES string of the molecule is CCS(=O)CCNC(c1cccs1)C1CC1. The Labute approximate surface area is 104 Å². The van der Waals surface area contributed by atoms with Crippen LogP contribution < -0.4 is 5.32 Å². The summed E-state index contributed by atoms with van der Waals surface area (Å²) in [5.74, 6) is 2.37. The van der Waals surface area contributed by atoms with Crippen LogP contribution in [0.2, 0.25) is 0 Å². The Morgan fingerprint density at radius 2 is 2.44 bits per heavy atom. The summed E-state index contributed by atoms with van der Waals surface area (Å²) in [5.41, 5.74) is 0. The smallest absolute Gasteiger partial charge is 0.0443 e. The van der Waals surface area contributed by atoms with Crippen molar-refractivity contribution in [1.82, 2.24) is 5.32 Å². The van der Waals surface area contributed by atoms with Crippen LogP contribution in [0.25, 0.3) is 0 Å². The van der Waals surface area contributed by atoms with Gasteiger partial charge in [0.15, 0.2) is 0 Å². The van der Waals surface area contributed by atoms with Gasteiger partial charge in [-0.25, -0.2) is 0 Å². The lowest BCUT2D eigenvalue weighted by molar-refractivity contribution is 0.504. The van der Waals surface area contributed by atoms with Gasteiger partial charge in [0.2, 0.25) is 0 Å². The molecule has 0 spiro atoms. The lowest BCUT2D eigenvalue weighted by Gasteiger charge is -2.16. The van der Waals surface area contributed by atoms with E-state index >= 15 is 0 Å². The van der Waals surface area contributed by atoms with Crippen LogP contribution in [-0.2, 0) is 10.8 Å². The highest BCUT2D eigenvalue weighted by Crippen LogP contribution is 2.42. The average molecular weight is 257 g/mol. The second kappa shape index (κ2) is 5.94. The van der Waals surface area contributed by atoms with Gasteiger partial charge in [0.25, 0.3) is 0 Å². The first kappa shape index (κ1) is 12.3. The molecule has 2 nitrogen and oxygen atoms in total. The van der Waals surface area contributed by atoms with E-state index in [0.717, 1.165) is 24.0 Å². The predicted octanol–water partition coefficient (Wildman–Crippen LogP) is 2.56. The normalized spacial score (nSPS) is 19.6. The van der Waals surface area contributed by atoms with Crippen LogP contribution >= 0.6 is 11.3 Å². The minimum atomic E-state index is -0.642. The molecule has 0 aliphatic heterocycles. The fraction of sp³-hybridized carbons (Fsp3) is 0.667. The summed E-state index contributed by atoms with van der Waals surface area (Å²) in [4.78, 5) is 1.43. The zero-order chi connectivity index (χ0) is 11.4. The Hall–Kier alpha value is -0.190. The van der Waals surface area contributed by atoms with Crippen LogP contribution in [0.5, 0.6) is 0 Å². The van der Waals surface area contributed by atoms with Gasteiger partial charge in [0, 0.05) is 39.8 Å². The number of nitrogens with one attached hydrogen (secondary N) is 1. The second-order valence-electron chi connectivity index (χ2n) is 4.22. The highest BCUT2D eigenvalue weighted by Gasteiger charge is 2.32. The molecule has 1 N–H and O–H groups in total. The first-order chi connectivity index (χ1) is 7.81. The Balaban J connectivity index is 1.82. The van der Waals surface area contributed by atoms with Crippen molar-refractivity contribution in [2.24, 2.45) is 5.92 Å². The van der Waals surface area contributed by atoms with Crippen molar-refractivity contribution >= 4 is 22.1 Å². The molecule has 1 aromatic heterocycles. The molecule has 1 saturated carbocycles. The Morgan fingerprint density at radius 3 is 3.00 bits per heavy atom. The summed E-state index contributed by atoms with van der Waals surface area (Å²) in [6.45, 7) is 2.85. The van der Waals surface area contributed by atoms with Gasteiger partial charge in [-0.15, -0.1) is 11.3 Å². The van der Waals surface area contributed by atoms with Crippen LogP contribution in [0.1, 0.15) is 30.7 Å². The molecule has 1 fully saturated rings. The fourth-order valence-electron chi connectivity index (χ4n) is 1.87. The predicted molar refractivity (Wildman–Crippen MR) is 71.3 cm³/mol. The van der Waals surface area contributed by atoms with Crippen molar-refractivity contribution in [1.29, 1.82) is 0 Å². The molecule has 0 aromatic carbocycles. The van der Waals surface area contributed by atoms with Crippen LogP contribution in [0.15, 0.2) is 17.5 Å². The van der Waals surface area contributed by atoms with E-state index in [9.17, 15) is 4.21 Å². The molecule has 1 aliphatic rings. The third kappa shape index (κ3) is 3.40. The molecule has 0 radical (unpaired) electrons.